The zero-order valence-electron chi connectivity index (χ0n) is 10.2. The molecule has 0 nitrogen and oxygen atoms in total. The second-order valence-electron chi connectivity index (χ2n) is 6.61. The molecule has 0 heterocycles. The lowest BCUT2D eigenvalue weighted by Gasteiger charge is -2.30. The molecule has 0 aromatic rings. The van der Waals surface area contributed by atoms with Crippen molar-refractivity contribution in [3.63, 3.8) is 0 Å². The van der Waals surface area contributed by atoms with Crippen LogP contribution in [0, 0.1) is 23.2 Å². The Morgan fingerprint density at radius 3 is 2.07 bits per heavy atom. The van der Waals surface area contributed by atoms with Crippen molar-refractivity contribution in [3.05, 3.63) is 0 Å². The van der Waals surface area contributed by atoms with Crippen molar-refractivity contribution in [2.45, 2.75) is 65.7 Å². The molecule has 0 aromatic heterocycles. The summed E-state index contributed by atoms with van der Waals surface area (Å²) in [5, 5.41) is 0. The van der Waals surface area contributed by atoms with Gasteiger partial charge in [0.15, 0.2) is 0 Å². The molecule has 0 bridgehead atoms. The van der Waals surface area contributed by atoms with Crippen molar-refractivity contribution in [1.29, 1.82) is 0 Å². The molecular formula is C14H26. The van der Waals surface area contributed by atoms with Crippen molar-refractivity contribution < 1.29 is 0 Å². The van der Waals surface area contributed by atoms with E-state index >= 15 is 0 Å². The second kappa shape index (κ2) is 3.87. The summed E-state index contributed by atoms with van der Waals surface area (Å²) < 4.78 is 0. The molecule has 0 aromatic carbocycles. The van der Waals surface area contributed by atoms with E-state index in [-0.39, 0.29) is 0 Å². The third-order valence-corrected chi connectivity index (χ3v) is 4.65. The van der Waals surface area contributed by atoms with Crippen LogP contribution in [0.3, 0.4) is 0 Å². The molecule has 14 heavy (non-hydrogen) atoms. The van der Waals surface area contributed by atoms with E-state index in [0.717, 1.165) is 17.8 Å². The van der Waals surface area contributed by atoms with E-state index in [1.54, 1.807) is 0 Å². The lowest BCUT2D eigenvalue weighted by Crippen LogP contribution is -2.20. The van der Waals surface area contributed by atoms with Crippen LogP contribution in [0.15, 0.2) is 0 Å². The average Bonchev–Trinajstić information content (AvgIpc) is 2.41. The molecule has 0 N–H and O–H groups in total. The highest BCUT2D eigenvalue weighted by Gasteiger charge is 2.40. The summed E-state index contributed by atoms with van der Waals surface area (Å²) in [4.78, 5) is 0. The van der Waals surface area contributed by atoms with E-state index in [1.807, 2.05) is 0 Å². The highest BCUT2D eigenvalue weighted by molar-refractivity contribution is 4.90. The fourth-order valence-electron chi connectivity index (χ4n) is 4.14. The first-order valence-electron chi connectivity index (χ1n) is 6.58. The van der Waals surface area contributed by atoms with Crippen molar-refractivity contribution in [3.8, 4) is 0 Å². The Hall–Kier alpha value is 0. The molecule has 2 fully saturated rings. The van der Waals surface area contributed by atoms with E-state index in [4.69, 9.17) is 0 Å². The maximum atomic E-state index is 2.49. The van der Waals surface area contributed by atoms with Gasteiger partial charge in [0.2, 0.25) is 0 Å². The zero-order chi connectivity index (χ0) is 10.2. The average molecular weight is 194 g/mol. The lowest BCUT2D eigenvalue weighted by molar-refractivity contribution is 0.205. The molecule has 0 aliphatic heterocycles. The topological polar surface area (TPSA) is 0 Å². The van der Waals surface area contributed by atoms with Gasteiger partial charge in [-0.2, -0.15) is 0 Å². The lowest BCUT2D eigenvalue weighted by atomic mass is 9.75. The fourth-order valence-corrected chi connectivity index (χ4v) is 4.14. The normalized spacial score (nSPS) is 38.8. The summed E-state index contributed by atoms with van der Waals surface area (Å²) in [6, 6.07) is 0. The van der Waals surface area contributed by atoms with Crippen molar-refractivity contribution >= 4 is 0 Å². The van der Waals surface area contributed by atoms with Gasteiger partial charge in [0.1, 0.15) is 0 Å². The Kier molecular flexibility index (Phi) is 2.91. The predicted octanol–water partition coefficient (Wildman–Crippen LogP) is 4.64. The number of rotatable bonds is 1. The molecule has 2 rings (SSSR count). The van der Waals surface area contributed by atoms with Crippen LogP contribution in [-0.4, -0.2) is 0 Å². The van der Waals surface area contributed by atoms with Gasteiger partial charge in [-0.25, -0.2) is 0 Å². The highest BCUT2D eigenvalue weighted by atomic mass is 14.5. The Morgan fingerprint density at radius 2 is 1.57 bits per heavy atom. The maximum Gasteiger partial charge on any atom is -0.0349 e. The first kappa shape index (κ1) is 10.5. The zero-order valence-corrected chi connectivity index (χ0v) is 10.2. The van der Waals surface area contributed by atoms with Crippen molar-refractivity contribution in [2.75, 3.05) is 0 Å². The number of hydrogen-bond donors (Lipinski definition) is 0. The van der Waals surface area contributed by atoms with Crippen molar-refractivity contribution in [1.82, 2.24) is 0 Å². The summed E-state index contributed by atoms with van der Waals surface area (Å²) in [6.07, 6.45) is 10.5. The SMILES string of the molecule is CC1CC(C)(C)CC1C1CCCCC1. The summed E-state index contributed by atoms with van der Waals surface area (Å²) in [5.74, 6) is 3.14. The molecule has 2 aliphatic rings. The minimum atomic E-state index is 0.640. The van der Waals surface area contributed by atoms with Gasteiger partial charge in [-0.15, -0.1) is 0 Å². The van der Waals surface area contributed by atoms with Gasteiger partial charge in [-0.3, -0.25) is 0 Å². The van der Waals surface area contributed by atoms with E-state index in [2.05, 4.69) is 20.8 Å². The first-order valence-corrected chi connectivity index (χ1v) is 6.58. The minimum Gasteiger partial charge on any atom is -0.0622 e. The molecule has 2 aliphatic carbocycles. The van der Waals surface area contributed by atoms with Crippen LogP contribution in [0.25, 0.3) is 0 Å². The minimum absolute atomic E-state index is 0.640. The van der Waals surface area contributed by atoms with E-state index in [9.17, 15) is 0 Å². The first-order chi connectivity index (χ1) is 6.58. The molecule has 2 atom stereocenters. The van der Waals surface area contributed by atoms with Gasteiger partial charge in [-0.1, -0.05) is 52.9 Å². The standard InChI is InChI=1S/C14H26/c1-11-9-14(2,3)10-13(11)12-7-5-4-6-8-12/h11-13H,4-10H2,1-3H3. The van der Waals surface area contributed by atoms with Gasteiger partial charge >= 0.3 is 0 Å². The summed E-state index contributed by atoms with van der Waals surface area (Å²) in [6.45, 7) is 7.42. The molecule has 0 saturated heterocycles. The van der Waals surface area contributed by atoms with Crippen LogP contribution in [0.4, 0.5) is 0 Å². The third-order valence-electron chi connectivity index (χ3n) is 4.65. The molecule has 2 unspecified atom stereocenters. The van der Waals surface area contributed by atoms with Crippen LogP contribution in [0.5, 0.6) is 0 Å². The molecule has 0 amide bonds. The van der Waals surface area contributed by atoms with Gasteiger partial charge in [0.25, 0.3) is 0 Å². The van der Waals surface area contributed by atoms with Gasteiger partial charge in [0.05, 0.1) is 0 Å². The maximum absolute atomic E-state index is 2.49. The summed E-state index contributed by atoms with van der Waals surface area (Å²) in [7, 11) is 0. The van der Waals surface area contributed by atoms with Crippen LogP contribution in [0.2, 0.25) is 0 Å². The summed E-state index contributed by atoms with van der Waals surface area (Å²) in [5.41, 5.74) is 0.640. The van der Waals surface area contributed by atoms with Crippen LogP contribution in [0.1, 0.15) is 65.7 Å². The Balaban J connectivity index is 1.97. The molecular weight excluding hydrogens is 168 g/mol. The second-order valence-corrected chi connectivity index (χ2v) is 6.61. The van der Waals surface area contributed by atoms with Gasteiger partial charge < -0.3 is 0 Å². The van der Waals surface area contributed by atoms with E-state index < -0.39 is 0 Å². The quantitative estimate of drug-likeness (QED) is 0.570. The Labute approximate surface area is 89.5 Å². The van der Waals surface area contributed by atoms with E-state index in [1.165, 1.54) is 44.9 Å². The molecule has 0 heteroatoms. The Bertz CT molecular complexity index is 186. The molecule has 0 radical (unpaired) electrons. The predicted molar refractivity (Wildman–Crippen MR) is 62.2 cm³/mol. The van der Waals surface area contributed by atoms with Crippen LogP contribution < -0.4 is 0 Å². The van der Waals surface area contributed by atoms with Crippen LogP contribution >= 0.6 is 0 Å². The van der Waals surface area contributed by atoms with Gasteiger partial charge in [-0.05, 0) is 36.0 Å². The fraction of sp³-hybridized carbons (Fsp3) is 1.00. The highest BCUT2D eigenvalue weighted by Crippen LogP contribution is 2.50. The third kappa shape index (κ3) is 2.15. The van der Waals surface area contributed by atoms with Crippen LogP contribution in [-0.2, 0) is 0 Å². The smallest absolute Gasteiger partial charge is 0.0349 e. The molecule has 2 saturated carbocycles. The molecule has 0 spiro atoms. The van der Waals surface area contributed by atoms with E-state index in [0.29, 0.717) is 5.41 Å². The number of hydrogen-bond acceptors (Lipinski definition) is 0. The summed E-state index contributed by atoms with van der Waals surface area (Å²) >= 11 is 0. The van der Waals surface area contributed by atoms with Gasteiger partial charge in [0, 0.05) is 0 Å². The van der Waals surface area contributed by atoms with Crippen molar-refractivity contribution in [2.24, 2.45) is 23.2 Å². The molecule has 82 valence electrons. The Morgan fingerprint density at radius 1 is 0.929 bits per heavy atom. The largest absolute Gasteiger partial charge is 0.0622 e. The monoisotopic (exact) mass is 194 g/mol.